The van der Waals surface area contributed by atoms with Crippen molar-refractivity contribution >= 4 is 11.6 Å². The van der Waals surface area contributed by atoms with E-state index in [2.05, 4.69) is 39.5 Å². The zero-order valence-electron chi connectivity index (χ0n) is 10.8. The van der Waals surface area contributed by atoms with Gasteiger partial charge in [-0.2, -0.15) is 0 Å². The maximum atomic E-state index is 5.72. The second kappa shape index (κ2) is 7.48. The molecule has 0 aromatic carbocycles. The van der Waals surface area contributed by atoms with Crippen LogP contribution in [0, 0.1) is 0 Å². The highest BCUT2D eigenvalue weighted by molar-refractivity contribution is 6.17. The van der Waals surface area contributed by atoms with Crippen LogP contribution in [0.25, 0.3) is 0 Å². The second-order valence-electron chi connectivity index (χ2n) is 5.13. The summed E-state index contributed by atoms with van der Waals surface area (Å²) in [6.45, 7) is 13.5. The second-order valence-corrected chi connectivity index (χ2v) is 5.51. The number of rotatable bonds is 7. The van der Waals surface area contributed by atoms with Gasteiger partial charge in [-0.15, -0.1) is 11.6 Å². The number of hydrogen-bond acceptors (Lipinski definition) is 2. The summed E-state index contributed by atoms with van der Waals surface area (Å²) in [6, 6.07) is 0.566. The van der Waals surface area contributed by atoms with E-state index in [0.717, 1.165) is 32.0 Å². The van der Waals surface area contributed by atoms with Crippen LogP contribution in [-0.2, 0) is 4.74 Å². The SMILES string of the molecule is CC(C)N(CCCCl)CCOC(C)(C)C. The maximum Gasteiger partial charge on any atom is 0.0600 e. The highest BCUT2D eigenvalue weighted by Gasteiger charge is 2.12. The van der Waals surface area contributed by atoms with Gasteiger partial charge in [0.05, 0.1) is 12.2 Å². The molecule has 0 heterocycles. The van der Waals surface area contributed by atoms with Gasteiger partial charge >= 0.3 is 0 Å². The number of halogens is 1. The molecule has 0 spiro atoms. The van der Waals surface area contributed by atoms with Crippen LogP contribution >= 0.6 is 11.6 Å². The van der Waals surface area contributed by atoms with Crippen molar-refractivity contribution in [2.75, 3.05) is 25.6 Å². The molecule has 0 atom stereocenters. The molecule has 0 bridgehead atoms. The van der Waals surface area contributed by atoms with Crippen molar-refractivity contribution in [2.45, 2.75) is 52.7 Å². The lowest BCUT2D eigenvalue weighted by Gasteiger charge is -2.28. The molecule has 92 valence electrons. The van der Waals surface area contributed by atoms with E-state index in [1.807, 2.05) is 0 Å². The summed E-state index contributed by atoms with van der Waals surface area (Å²) in [4.78, 5) is 2.41. The highest BCUT2D eigenvalue weighted by Crippen LogP contribution is 2.07. The van der Waals surface area contributed by atoms with E-state index < -0.39 is 0 Å². The standard InChI is InChI=1S/C12H26ClNO/c1-11(2)14(8-6-7-13)9-10-15-12(3,4)5/h11H,6-10H2,1-5H3. The topological polar surface area (TPSA) is 12.5 Å². The molecule has 0 unspecified atom stereocenters. The molecule has 0 aliphatic rings. The number of alkyl halides is 1. The fraction of sp³-hybridized carbons (Fsp3) is 1.00. The van der Waals surface area contributed by atoms with Crippen LogP contribution in [0.5, 0.6) is 0 Å². The average molecular weight is 236 g/mol. The summed E-state index contributed by atoms with van der Waals surface area (Å²) in [5.41, 5.74) is -0.0326. The average Bonchev–Trinajstić information content (AvgIpc) is 2.08. The number of nitrogens with zero attached hydrogens (tertiary/aromatic N) is 1. The molecule has 0 radical (unpaired) electrons. The molecule has 0 amide bonds. The Morgan fingerprint density at radius 2 is 1.80 bits per heavy atom. The van der Waals surface area contributed by atoms with Crippen molar-refractivity contribution in [3.8, 4) is 0 Å². The van der Waals surface area contributed by atoms with Gasteiger partial charge in [0.25, 0.3) is 0 Å². The van der Waals surface area contributed by atoms with Crippen molar-refractivity contribution in [3.05, 3.63) is 0 Å². The normalized spacial score (nSPS) is 12.8. The molecule has 2 nitrogen and oxygen atoms in total. The van der Waals surface area contributed by atoms with Crippen LogP contribution in [0.2, 0.25) is 0 Å². The van der Waals surface area contributed by atoms with Gasteiger partial charge < -0.3 is 4.74 Å². The molecule has 0 aliphatic heterocycles. The summed E-state index contributed by atoms with van der Waals surface area (Å²) >= 11 is 5.70. The Morgan fingerprint density at radius 3 is 2.20 bits per heavy atom. The molecule has 0 aromatic rings. The van der Waals surface area contributed by atoms with Crippen LogP contribution in [0.4, 0.5) is 0 Å². The van der Waals surface area contributed by atoms with Gasteiger partial charge in [-0.05, 0) is 47.6 Å². The number of ether oxygens (including phenoxy) is 1. The molecule has 0 saturated carbocycles. The van der Waals surface area contributed by atoms with Crippen molar-refractivity contribution in [1.29, 1.82) is 0 Å². The molecule has 0 saturated heterocycles. The zero-order valence-corrected chi connectivity index (χ0v) is 11.6. The maximum absolute atomic E-state index is 5.72. The zero-order chi connectivity index (χ0) is 11.9. The van der Waals surface area contributed by atoms with Gasteiger partial charge in [-0.3, -0.25) is 4.90 Å². The smallest absolute Gasteiger partial charge is 0.0600 e. The van der Waals surface area contributed by atoms with E-state index in [4.69, 9.17) is 16.3 Å². The van der Waals surface area contributed by atoms with Crippen molar-refractivity contribution in [3.63, 3.8) is 0 Å². The van der Waals surface area contributed by atoms with E-state index >= 15 is 0 Å². The Hall–Kier alpha value is 0.210. The first kappa shape index (κ1) is 15.2. The molecule has 0 rings (SSSR count). The first-order valence-electron chi connectivity index (χ1n) is 5.81. The van der Waals surface area contributed by atoms with E-state index in [9.17, 15) is 0 Å². The van der Waals surface area contributed by atoms with Crippen LogP contribution in [-0.4, -0.2) is 42.1 Å². The summed E-state index contributed by atoms with van der Waals surface area (Å²) in [5, 5.41) is 0. The third kappa shape index (κ3) is 9.16. The van der Waals surface area contributed by atoms with Crippen LogP contribution in [0.3, 0.4) is 0 Å². The van der Waals surface area contributed by atoms with E-state index in [-0.39, 0.29) is 5.60 Å². The number of hydrogen-bond donors (Lipinski definition) is 0. The predicted octanol–water partition coefficient (Wildman–Crippen LogP) is 3.14. The Balaban J connectivity index is 3.76. The molecular formula is C12H26ClNO. The molecule has 0 fully saturated rings. The fourth-order valence-electron chi connectivity index (χ4n) is 1.36. The Labute approximate surface area is 99.9 Å². The monoisotopic (exact) mass is 235 g/mol. The molecule has 0 N–H and O–H groups in total. The first-order chi connectivity index (χ1) is 6.87. The largest absolute Gasteiger partial charge is 0.375 e. The summed E-state index contributed by atoms with van der Waals surface area (Å²) in [5.74, 6) is 0.739. The minimum Gasteiger partial charge on any atom is -0.375 e. The summed E-state index contributed by atoms with van der Waals surface area (Å²) < 4.78 is 5.72. The third-order valence-corrected chi connectivity index (χ3v) is 2.49. The van der Waals surface area contributed by atoms with Crippen molar-refractivity contribution in [1.82, 2.24) is 4.90 Å². The van der Waals surface area contributed by atoms with Crippen molar-refractivity contribution in [2.24, 2.45) is 0 Å². The van der Waals surface area contributed by atoms with E-state index in [1.54, 1.807) is 0 Å². The van der Waals surface area contributed by atoms with Crippen LogP contribution < -0.4 is 0 Å². The minimum absolute atomic E-state index is 0.0326. The van der Waals surface area contributed by atoms with Gasteiger partial charge in [0.1, 0.15) is 0 Å². The molecule has 15 heavy (non-hydrogen) atoms. The molecule has 0 aromatic heterocycles. The lowest BCUT2D eigenvalue weighted by atomic mass is 10.2. The van der Waals surface area contributed by atoms with E-state index in [1.165, 1.54) is 0 Å². The van der Waals surface area contributed by atoms with Gasteiger partial charge in [0.15, 0.2) is 0 Å². The van der Waals surface area contributed by atoms with Gasteiger partial charge in [0, 0.05) is 18.5 Å². The quantitative estimate of drug-likeness (QED) is 0.629. The van der Waals surface area contributed by atoms with Crippen LogP contribution in [0.15, 0.2) is 0 Å². The minimum atomic E-state index is -0.0326. The highest BCUT2D eigenvalue weighted by atomic mass is 35.5. The molecule has 0 aliphatic carbocycles. The van der Waals surface area contributed by atoms with Gasteiger partial charge in [-0.1, -0.05) is 0 Å². The molecular weight excluding hydrogens is 210 g/mol. The van der Waals surface area contributed by atoms with E-state index in [0.29, 0.717) is 6.04 Å². The lowest BCUT2D eigenvalue weighted by molar-refractivity contribution is -0.0161. The Kier molecular flexibility index (Phi) is 7.58. The Bertz CT molecular complexity index is 154. The molecule has 3 heteroatoms. The lowest BCUT2D eigenvalue weighted by Crippen LogP contribution is -2.36. The Morgan fingerprint density at radius 1 is 1.20 bits per heavy atom. The summed E-state index contributed by atoms with van der Waals surface area (Å²) in [6.07, 6.45) is 1.05. The van der Waals surface area contributed by atoms with Crippen LogP contribution in [0.1, 0.15) is 41.0 Å². The fourth-order valence-corrected chi connectivity index (χ4v) is 1.48. The van der Waals surface area contributed by atoms with Crippen molar-refractivity contribution < 1.29 is 4.74 Å². The van der Waals surface area contributed by atoms with Gasteiger partial charge in [-0.25, -0.2) is 0 Å². The third-order valence-electron chi connectivity index (χ3n) is 2.22. The predicted molar refractivity (Wildman–Crippen MR) is 67.8 cm³/mol. The summed E-state index contributed by atoms with van der Waals surface area (Å²) in [7, 11) is 0. The van der Waals surface area contributed by atoms with Gasteiger partial charge in [0.2, 0.25) is 0 Å². The first-order valence-corrected chi connectivity index (χ1v) is 6.34.